The molecule has 22 heavy (non-hydrogen) atoms. The third kappa shape index (κ3) is 2.93. The van der Waals surface area contributed by atoms with Crippen molar-refractivity contribution in [3.63, 3.8) is 0 Å². The number of Topliss-reactive ketones (excluding diaryl/α,β-unsaturated/α-hetero) is 1. The summed E-state index contributed by atoms with van der Waals surface area (Å²) in [5.41, 5.74) is 4.95. The van der Waals surface area contributed by atoms with Crippen LogP contribution in [0.25, 0.3) is 11.1 Å². The SMILES string of the molecule is CC(=O)C1=CC(c2ccccc2)=C(c2ccccc2)C[S+]1C. The molecule has 1 nitrogen and oxygen atoms in total. The van der Waals surface area contributed by atoms with Crippen molar-refractivity contribution in [1.82, 2.24) is 0 Å². The maximum atomic E-state index is 11.9. The average molecular weight is 307 g/mol. The number of benzene rings is 2. The predicted molar refractivity (Wildman–Crippen MR) is 96.6 cm³/mol. The number of carbonyl (C=O) groups is 1. The minimum atomic E-state index is -0.0294. The number of rotatable bonds is 3. The van der Waals surface area contributed by atoms with E-state index in [9.17, 15) is 4.79 Å². The molecular weight excluding hydrogens is 288 g/mol. The highest BCUT2D eigenvalue weighted by Crippen LogP contribution is 2.35. The molecule has 1 atom stereocenters. The molecule has 0 bridgehead atoms. The molecule has 2 aromatic carbocycles. The molecule has 2 heteroatoms. The van der Waals surface area contributed by atoms with Crippen molar-refractivity contribution in [3.05, 3.63) is 82.8 Å². The molecule has 1 unspecified atom stereocenters. The van der Waals surface area contributed by atoms with E-state index < -0.39 is 0 Å². The van der Waals surface area contributed by atoms with Gasteiger partial charge in [0.05, 0.1) is 0 Å². The van der Waals surface area contributed by atoms with Gasteiger partial charge in [-0.1, -0.05) is 60.7 Å². The molecule has 1 aliphatic heterocycles. The minimum Gasteiger partial charge on any atom is -0.290 e. The molecule has 0 radical (unpaired) electrons. The van der Waals surface area contributed by atoms with E-state index in [2.05, 4.69) is 48.7 Å². The first-order valence-electron chi connectivity index (χ1n) is 7.36. The Morgan fingerprint density at radius 3 is 2.00 bits per heavy atom. The molecule has 0 spiro atoms. The van der Waals surface area contributed by atoms with E-state index >= 15 is 0 Å². The standard InChI is InChI=1S/C20H19OS/c1-15(21)20-13-18(16-9-5-3-6-10-16)19(14-22(20)2)17-11-7-4-8-12-17/h3-13H,14H2,1-2H3/q+1. The van der Waals surface area contributed by atoms with Gasteiger partial charge in [0.2, 0.25) is 5.78 Å². The van der Waals surface area contributed by atoms with Crippen LogP contribution in [-0.2, 0) is 15.7 Å². The van der Waals surface area contributed by atoms with E-state index in [0.29, 0.717) is 0 Å². The molecular formula is C20H19OS+. The van der Waals surface area contributed by atoms with E-state index in [-0.39, 0.29) is 16.7 Å². The molecule has 2 aromatic rings. The van der Waals surface area contributed by atoms with Crippen LogP contribution in [0.1, 0.15) is 18.1 Å². The van der Waals surface area contributed by atoms with Crippen LogP contribution < -0.4 is 0 Å². The fourth-order valence-corrected chi connectivity index (χ4v) is 4.51. The molecule has 0 saturated heterocycles. The molecule has 1 heterocycles. The number of hydrogen-bond acceptors (Lipinski definition) is 1. The van der Waals surface area contributed by atoms with Gasteiger partial charge in [-0.05, 0) is 16.7 Å². The van der Waals surface area contributed by atoms with Crippen molar-refractivity contribution in [2.75, 3.05) is 12.0 Å². The summed E-state index contributed by atoms with van der Waals surface area (Å²) in [5, 5.41) is 0. The Morgan fingerprint density at radius 1 is 0.909 bits per heavy atom. The first kappa shape index (κ1) is 14.9. The Kier molecular flexibility index (Phi) is 4.30. The fourth-order valence-electron chi connectivity index (χ4n) is 2.79. The van der Waals surface area contributed by atoms with E-state index in [0.717, 1.165) is 10.7 Å². The fraction of sp³-hybridized carbons (Fsp3) is 0.150. The third-order valence-electron chi connectivity index (χ3n) is 3.89. The average Bonchev–Trinajstić information content (AvgIpc) is 2.56. The quantitative estimate of drug-likeness (QED) is 0.771. The summed E-state index contributed by atoms with van der Waals surface area (Å²) in [4.78, 5) is 12.9. The molecule has 0 fully saturated rings. The molecule has 0 aliphatic carbocycles. The second kappa shape index (κ2) is 6.37. The third-order valence-corrected chi connectivity index (χ3v) is 5.77. The Labute approximate surface area is 134 Å². The smallest absolute Gasteiger partial charge is 0.207 e. The monoisotopic (exact) mass is 307 g/mol. The van der Waals surface area contributed by atoms with Crippen LogP contribution in [0.5, 0.6) is 0 Å². The molecule has 0 N–H and O–H groups in total. The van der Waals surface area contributed by atoms with Gasteiger partial charge in [-0.25, -0.2) is 0 Å². The van der Waals surface area contributed by atoms with Gasteiger partial charge in [0, 0.05) is 29.5 Å². The molecule has 110 valence electrons. The van der Waals surface area contributed by atoms with Gasteiger partial charge in [0.15, 0.2) is 4.91 Å². The zero-order valence-corrected chi connectivity index (χ0v) is 13.7. The zero-order chi connectivity index (χ0) is 15.5. The number of allylic oxidation sites excluding steroid dienone is 3. The molecule has 0 amide bonds. The van der Waals surface area contributed by atoms with Gasteiger partial charge in [-0.15, -0.1) is 0 Å². The van der Waals surface area contributed by atoms with Gasteiger partial charge < -0.3 is 0 Å². The molecule has 3 rings (SSSR count). The Morgan fingerprint density at radius 2 is 1.45 bits per heavy atom. The highest BCUT2D eigenvalue weighted by atomic mass is 32.2. The zero-order valence-electron chi connectivity index (χ0n) is 12.9. The summed E-state index contributed by atoms with van der Waals surface area (Å²) in [5.74, 6) is 1.12. The van der Waals surface area contributed by atoms with Gasteiger partial charge in [0.25, 0.3) is 0 Å². The van der Waals surface area contributed by atoms with E-state index in [1.807, 2.05) is 24.3 Å². The normalized spacial score (nSPS) is 18.1. The van der Waals surface area contributed by atoms with E-state index in [4.69, 9.17) is 0 Å². The summed E-state index contributed by atoms with van der Waals surface area (Å²) < 4.78 is 0. The van der Waals surface area contributed by atoms with Gasteiger partial charge >= 0.3 is 0 Å². The predicted octanol–water partition coefficient (Wildman–Crippen LogP) is 4.33. The van der Waals surface area contributed by atoms with E-state index in [1.54, 1.807) is 6.92 Å². The Bertz CT molecular complexity index is 742. The lowest BCUT2D eigenvalue weighted by molar-refractivity contribution is -0.112. The van der Waals surface area contributed by atoms with Crippen molar-refractivity contribution in [3.8, 4) is 0 Å². The molecule has 1 aliphatic rings. The van der Waals surface area contributed by atoms with Crippen LogP contribution >= 0.6 is 0 Å². The van der Waals surface area contributed by atoms with Crippen LogP contribution in [0, 0.1) is 0 Å². The Hall–Kier alpha value is -2.06. The first-order chi connectivity index (χ1) is 10.7. The number of carbonyl (C=O) groups excluding carboxylic acids is 1. The number of ketones is 1. The highest BCUT2D eigenvalue weighted by Gasteiger charge is 2.31. The van der Waals surface area contributed by atoms with Crippen molar-refractivity contribution >= 4 is 27.8 Å². The van der Waals surface area contributed by atoms with Crippen LogP contribution in [-0.4, -0.2) is 17.8 Å². The van der Waals surface area contributed by atoms with Crippen LogP contribution in [0.15, 0.2) is 71.6 Å². The second-order valence-corrected chi connectivity index (χ2v) is 7.47. The van der Waals surface area contributed by atoms with Crippen molar-refractivity contribution in [2.45, 2.75) is 6.92 Å². The summed E-state index contributed by atoms with van der Waals surface area (Å²) in [6.45, 7) is 1.67. The van der Waals surface area contributed by atoms with Gasteiger partial charge in [-0.2, -0.15) is 0 Å². The summed E-state index contributed by atoms with van der Waals surface area (Å²) in [6.07, 6.45) is 4.27. The van der Waals surface area contributed by atoms with Crippen LogP contribution in [0.4, 0.5) is 0 Å². The van der Waals surface area contributed by atoms with Crippen LogP contribution in [0.2, 0.25) is 0 Å². The lowest BCUT2D eigenvalue weighted by atomic mass is 9.94. The van der Waals surface area contributed by atoms with Gasteiger partial charge in [-0.3, -0.25) is 4.79 Å². The molecule has 0 saturated carbocycles. The van der Waals surface area contributed by atoms with E-state index in [1.165, 1.54) is 22.3 Å². The largest absolute Gasteiger partial charge is 0.290 e. The van der Waals surface area contributed by atoms with Crippen molar-refractivity contribution < 1.29 is 4.79 Å². The lowest BCUT2D eigenvalue weighted by Crippen LogP contribution is -2.19. The summed E-state index contributed by atoms with van der Waals surface area (Å²) in [7, 11) is -0.0294. The van der Waals surface area contributed by atoms with Crippen molar-refractivity contribution in [1.29, 1.82) is 0 Å². The number of hydrogen-bond donors (Lipinski definition) is 0. The summed E-state index contributed by atoms with van der Waals surface area (Å²) in [6, 6.07) is 20.8. The first-order valence-corrected chi connectivity index (χ1v) is 9.16. The van der Waals surface area contributed by atoms with Crippen LogP contribution in [0.3, 0.4) is 0 Å². The lowest BCUT2D eigenvalue weighted by Gasteiger charge is -2.19. The maximum Gasteiger partial charge on any atom is 0.207 e. The minimum absolute atomic E-state index is 0.0294. The van der Waals surface area contributed by atoms with Gasteiger partial charge in [0.1, 0.15) is 12.0 Å². The summed E-state index contributed by atoms with van der Waals surface area (Å²) >= 11 is 0. The highest BCUT2D eigenvalue weighted by molar-refractivity contribution is 8.01. The second-order valence-electron chi connectivity index (χ2n) is 5.47. The van der Waals surface area contributed by atoms with Crippen molar-refractivity contribution in [2.24, 2.45) is 0 Å². The molecule has 0 aromatic heterocycles. The Balaban J connectivity index is 2.21. The topological polar surface area (TPSA) is 17.1 Å². The maximum absolute atomic E-state index is 11.9.